The molecule has 2 aliphatic heterocycles. The van der Waals surface area contributed by atoms with Gasteiger partial charge in [0.15, 0.2) is 6.61 Å². The van der Waals surface area contributed by atoms with E-state index in [-0.39, 0.29) is 24.4 Å². The Balaban J connectivity index is 1.51. The van der Waals surface area contributed by atoms with Crippen LogP contribution in [0.1, 0.15) is 0 Å². The van der Waals surface area contributed by atoms with Crippen molar-refractivity contribution in [2.75, 3.05) is 76.1 Å². The first kappa shape index (κ1) is 20.9. The van der Waals surface area contributed by atoms with Gasteiger partial charge in [-0.05, 0) is 0 Å². The molecule has 2 aromatic rings. The molecule has 0 bridgehead atoms. The Morgan fingerprint density at radius 2 is 1.45 bits per heavy atom. The van der Waals surface area contributed by atoms with Crippen LogP contribution in [0, 0.1) is 0 Å². The summed E-state index contributed by atoms with van der Waals surface area (Å²) in [5, 5.41) is 7.82. The van der Waals surface area contributed by atoms with Gasteiger partial charge in [-0.25, -0.2) is 4.79 Å². The zero-order chi connectivity index (χ0) is 21.5. The number of hydrogen-bond acceptors (Lipinski definition) is 13. The summed E-state index contributed by atoms with van der Waals surface area (Å²) in [4.78, 5) is 28.7. The summed E-state index contributed by atoms with van der Waals surface area (Å²) in [6.07, 6.45) is 0. The topological polar surface area (TPSA) is 134 Å². The van der Waals surface area contributed by atoms with Crippen LogP contribution in [0.15, 0.2) is 12.1 Å². The molecule has 0 N–H and O–H groups in total. The van der Waals surface area contributed by atoms with E-state index in [0.717, 1.165) is 0 Å². The molecule has 0 aromatic carbocycles. The Morgan fingerprint density at radius 1 is 0.903 bits per heavy atom. The van der Waals surface area contributed by atoms with Gasteiger partial charge in [0.05, 0.1) is 33.5 Å². The zero-order valence-corrected chi connectivity index (χ0v) is 17.1. The van der Waals surface area contributed by atoms with Gasteiger partial charge in [0.2, 0.25) is 23.7 Å². The van der Waals surface area contributed by atoms with Crippen LogP contribution >= 0.6 is 0 Å². The third-order valence-electron chi connectivity index (χ3n) is 4.56. The molecule has 4 rings (SSSR count). The van der Waals surface area contributed by atoms with E-state index in [2.05, 4.69) is 29.9 Å². The smallest absolute Gasteiger partial charge is 0.343 e. The van der Waals surface area contributed by atoms with Gasteiger partial charge >= 0.3 is 12.0 Å². The lowest BCUT2D eigenvalue weighted by Gasteiger charge is -2.30. The minimum absolute atomic E-state index is 0.107. The molecule has 0 unspecified atom stereocenters. The molecule has 4 heterocycles. The van der Waals surface area contributed by atoms with E-state index in [0.29, 0.717) is 64.5 Å². The van der Waals surface area contributed by atoms with Crippen molar-refractivity contribution < 1.29 is 28.5 Å². The van der Waals surface area contributed by atoms with Crippen LogP contribution < -0.4 is 19.3 Å². The molecule has 0 aliphatic carbocycles. The molecule has 0 saturated carbocycles. The monoisotopic (exact) mass is 433 g/mol. The van der Waals surface area contributed by atoms with Crippen LogP contribution in [-0.4, -0.2) is 97.4 Å². The van der Waals surface area contributed by atoms with Crippen molar-refractivity contribution in [3.63, 3.8) is 0 Å². The van der Waals surface area contributed by atoms with E-state index >= 15 is 0 Å². The number of carbonyl (C=O) groups excluding carboxylic acids is 1. The van der Waals surface area contributed by atoms with Crippen molar-refractivity contribution in [1.29, 1.82) is 0 Å². The van der Waals surface area contributed by atoms with Gasteiger partial charge in [-0.3, -0.25) is 0 Å². The maximum absolute atomic E-state index is 11.2. The lowest BCUT2D eigenvalue weighted by Crippen LogP contribution is -2.40. The SMILES string of the molecule is COC(=O)COc1ccc(Oc2nc(N3CCOCC3)nc(N3CCOCC3)n2)nn1. The molecule has 166 valence electrons. The van der Waals surface area contributed by atoms with Crippen LogP contribution in [0.25, 0.3) is 0 Å². The van der Waals surface area contributed by atoms with Crippen LogP contribution in [0.2, 0.25) is 0 Å². The summed E-state index contributed by atoms with van der Waals surface area (Å²) in [7, 11) is 1.28. The molecule has 2 aliphatic rings. The first-order chi connectivity index (χ1) is 15.2. The van der Waals surface area contributed by atoms with Crippen molar-refractivity contribution in [1.82, 2.24) is 25.1 Å². The highest BCUT2D eigenvalue weighted by Gasteiger charge is 2.21. The fraction of sp³-hybridized carbons (Fsp3) is 0.556. The molecule has 13 nitrogen and oxygen atoms in total. The quantitative estimate of drug-likeness (QED) is 0.528. The van der Waals surface area contributed by atoms with Crippen molar-refractivity contribution >= 4 is 17.9 Å². The third kappa shape index (κ3) is 5.64. The molecule has 0 atom stereocenters. The van der Waals surface area contributed by atoms with Crippen LogP contribution in [0.5, 0.6) is 17.8 Å². The van der Waals surface area contributed by atoms with Crippen molar-refractivity contribution in [3.8, 4) is 17.8 Å². The lowest BCUT2D eigenvalue weighted by molar-refractivity contribution is -0.143. The normalized spacial score (nSPS) is 16.7. The Hall–Kier alpha value is -3.32. The zero-order valence-electron chi connectivity index (χ0n) is 17.1. The molecule has 0 radical (unpaired) electrons. The molecule has 0 amide bonds. The molecule has 13 heteroatoms. The number of aromatic nitrogens is 5. The summed E-state index contributed by atoms with van der Waals surface area (Å²) in [6, 6.07) is 3.18. The maximum Gasteiger partial charge on any atom is 0.343 e. The number of ether oxygens (including phenoxy) is 5. The van der Waals surface area contributed by atoms with E-state index in [1.54, 1.807) is 6.07 Å². The summed E-state index contributed by atoms with van der Waals surface area (Å²) >= 11 is 0. The first-order valence-corrected chi connectivity index (χ1v) is 9.84. The van der Waals surface area contributed by atoms with Crippen LogP contribution in [-0.2, 0) is 19.0 Å². The summed E-state index contributed by atoms with van der Waals surface area (Å²) in [5.41, 5.74) is 0. The molecule has 2 fully saturated rings. The van der Waals surface area contributed by atoms with Gasteiger partial charge in [-0.2, -0.15) is 15.0 Å². The van der Waals surface area contributed by atoms with Crippen LogP contribution in [0.3, 0.4) is 0 Å². The maximum atomic E-state index is 11.2. The third-order valence-corrected chi connectivity index (χ3v) is 4.56. The minimum atomic E-state index is -0.515. The summed E-state index contributed by atoms with van der Waals surface area (Å²) in [6.45, 7) is 4.87. The average molecular weight is 433 g/mol. The number of esters is 1. The number of hydrogen-bond donors (Lipinski definition) is 0. The number of rotatable bonds is 7. The summed E-state index contributed by atoms with van der Waals surface area (Å²) < 4.78 is 26.3. The number of morpholine rings is 2. The Kier molecular flexibility index (Phi) is 6.84. The fourth-order valence-corrected chi connectivity index (χ4v) is 2.92. The molecule has 2 saturated heterocycles. The van der Waals surface area contributed by atoms with Gasteiger partial charge in [0.25, 0.3) is 0 Å². The van der Waals surface area contributed by atoms with Crippen LogP contribution in [0.4, 0.5) is 11.9 Å². The van der Waals surface area contributed by atoms with E-state index in [9.17, 15) is 4.79 Å². The fourth-order valence-electron chi connectivity index (χ4n) is 2.92. The Labute approximate surface area is 178 Å². The largest absolute Gasteiger partial charge is 0.466 e. The first-order valence-electron chi connectivity index (χ1n) is 9.84. The number of nitrogens with zero attached hydrogens (tertiary/aromatic N) is 7. The van der Waals surface area contributed by atoms with Crippen molar-refractivity contribution in [2.45, 2.75) is 0 Å². The Morgan fingerprint density at radius 3 is 1.97 bits per heavy atom. The second kappa shape index (κ2) is 10.1. The number of carbonyl (C=O) groups is 1. The highest BCUT2D eigenvalue weighted by Crippen LogP contribution is 2.23. The van der Waals surface area contributed by atoms with Gasteiger partial charge < -0.3 is 33.5 Å². The average Bonchev–Trinajstić information content (AvgIpc) is 2.84. The highest BCUT2D eigenvalue weighted by atomic mass is 16.6. The molecular formula is C18H23N7O6. The van der Waals surface area contributed by atoms with E-state index < -0.39 is 5.97 Å². The molecular weight excluding hydrogens is 410 g/mol. The van der Waals surface area contributed by atoms with Gasteiger partial charge in [0.1, 0.15) is 0 Å². The number of anilines is 2. The van der Waals surface area contributed by atoms with Gasteiger partial charge in [0, 0.05) is 38.3 Å². The summed E-state index contributed by atoms with van der Waals surface area (Å²) in [5.74, 6) is 0.856. The number of methoxy groups -OCH3 is 1. The van der Waals surface area contributed by atoms with E-state index in [4.69, 9.17) is 18.9 Å². The molecule has 31 heavy (non-hydrogen) atoms. The predicted octanol–water partition coefficient (Wildman–Crippen LogP) is -0.321. The predicted molar refractivity (Wildman–Crippen MR) is 106 cm³/mol. The van der Waals surface area contributed by atoms with Crippen molar-refractivity contribution in [3.05, 3.63) is 12.1 Å². The van der Waals surface area contributed by atoms with Gasteiger partial charge in [-0.15, -0.1) is 10.2 Å². The second-order valence-electron chi connectivity index (χ2n) is 6.59. The molecule has 0 spiro atoms. The highest BCUT2D eigenvalue weighted by molar-refractivity contribution is 5.70. The van der Waals surface area contributed by atoms with Crippen molar-refractivity contribution in [2.24, 2.45) is 0 Å². The second-order valence-corrected chi connectivity index (χ2v) is 6.59. The Bertz CT molecular complexity index is 836. The van der Waals surface area contributed by atoms with Gasteiger partial charge in [-0.1, -0.05) is 0 Å². The lowest BCUT2D eigenvalue weighted by atomic mass is 10.4. The molecule has 2 aromatic heterocycles. The van der Waals surface area contributed by atoms with E-state index in [1.807, 2.05) is 9.80 Å². The van der Waals surface area contributed by atoms with E-state index in [1.165, 1.54) is 13.2 Å². The standard InChI is InChI=1S/C18H23N7O6/c1-27-15(26)12-30-13-2-3-14(23-22-13)31-18-20-16(24-4-8-28-9-5-24)19-17(21-18)25-6-10-29-11-7-25/h2-3H,4-12H2,1H3. The minimum Gasteiger partial charge on any atom is -0.466 e.